The Bertz CT molecular complexity index is 893. The van der Waals surface area contributed by atoms with Gasteiger partial charge in [0.2, 0.25) is 11.7 Å². The third kappa shape index (κ3) is 3.17. The van der Waals surface area contributed by atoms with E-state index in [9.17, 15) is 9.59 Å². The summed E-state index contributed by atoms with van der Waals surface area (Å²) in [5, 5.41) is 5.07. The van der Waals surface area contributed by atoms with Gasteiger partial charge in [0.05, 0.1) is 16.8 Å². The predicted molar refractivity (Wildman–Crippen MR) is 101 cm³/mol. The molecule has 1 fully saturated rings. The van der Waals surface area contributed by atoms with Gasteiger partial charge in [-0.15, -0.1) is 22.7 Å². The smallest absolute Gasteiger partial charge is 0.231 e. The van der Waals surface area contributed by atoms with E-state index in [2.05, 4.69) is 5.32 Å². The number of ketones is 1. The fourth-order valence-electron chi connectivity index (χ4n) is 2.92. The second-order valence-corrected chi connectivity index (χ2v) is 8.32. The summed E-state index contributed by atoms with van der Waals surface area (Å²) in [5.41, 5.74) is 0.378. The monoisotopic (exact) mass is 367 g/mol. The standard InChI is InChI=1S/C20H17NO2S2/c22-18(14-5-2-1-3-6-14)16-9-8-15(25-16)13-21-19(23)20(10-11-20)17-7-4-12-24-17/h1-9,12H,10-11,13H2,(H,21,23). The predicted octanol–water partition coefficient (Wildman–Crippen LogP) is 4.39. The molecule has 1 aliphatic carbocycles. The Kier molecular flexibility index (Phi) is 4.27. The van der Waals surface area contributed by atoms with Crippen molar-refractivity contribution in [3.05, 3.63) is 80.2 Å². The molecule has 0 unspecified atom stereocenters. The molecule has 0 saturated heterocycles. The Morgan fingerprint density at radius 2 is 1.80 bits per heavy atom. The van der Waals surface area contributed by atoms with E-state index < -0.39 is 0 Å². The molecule has 0 atom stereocenters. The Morgan fingerprint density at radius 3 is 2.48 bits per heavy atom. The Labute approximate surface area is 154 Å². The number of hydrogen-bond donors (Lipinski definition) is 1. The van der Waals surface area contributed by atoms with Gasteiger partial charge in [0.25, 0.3) is 0 Å². The number of carbonyl (C=O) groups is 2. The Morgan fingerprint density at radius 1 is 1.00 bits per heavy atom. The maximum atomic E-state index is 12.6. The van der Waals surface area contributed by atoms with Gasteiger partial charge in [-0.1, -0.05) is 36.4 Å². The van der Waals surface area contributed by atoms with Gasteiger partial charge in [-0.2, -0.15) is 0 Å². The van der Waals surface area contributed by atoms with E-state index in [4.69, 9.17) is 0 Å². The van der Waals surface area contributed by atoms with Gasteiger partial charge < -0.3 is 5.32 Å². The first kappa shape index (κ1) is 16.2. The fourth-order valence-corrected chi connectivity index (χ4v) is 4.82. The Hall–Kier alpha value is -2.24. The lowest BCUT2D eigenvalue weighted by Gasteiger charge is -2.13. The normalized spacial score (nSPS) is 14.9. The molecule has 1 aromatic carbocycles. The molecule has 5 heteroatoms. The first-order valence-corrected chi connectivity index (χ1v) is 9.89. The lowest BCUT2D eigenvalue weighted by Crippen LogP contribution is -2.33. The number of rotatable bonds is 6. The molecule has 0 aliphatic heterocycles. The highest BCUT2D eigenvalue weighted by Gasteiger charge is 2.51. The van der Waals surface area contributed by atoms with Gasteiger partial charge in [0.1, 0.15) is 0 Å². The minimum Gasteiger partial charge on any atom is -0.350 e. The second kappa shape index (κ2) is 6.58. The van der Waals surface area contributed by atoms with Crippen LogP contribution < -0.4 is 5.32 Å². The van der Waals surface area contributed by atoms with Crippen molar-refractivity contribution < 1.29 is 9.59 Å². The van der Waals surface area contributed by atoms with Crippen molar-refractivity contribution in [2.45, 2.75) is 24.8 Å². The first-order valence-electron chi connectivity index (χ1n) is 8.20. The van der Waals surface area contributed by atoms with Crippen molar-refractivity contribution in [2.24, 2.45) is 0 Å². The van der Waals surface area contributed by atoms with Gasteiger partial charge in [-0.3, -0.25) is 9.59 Å². The molecule has 25 heavy (non-hydrogen) atoms. The molecular weight excluding hydrogens is 350 g/mol. The minimum absolute atomic E-state index is 0.0282. The first-order chi connectivity index (χ1) is 12.2. The zero-order chi connectivity index (χ0) is 17.3. The number of nitrogens with one attached hydrogen (secondary N) is 1. The molecular formula is C20H17NO2S2. The average Bonchev–Trinajstić information content (AvgIpc) is 3.08. The highest BCUT2D eigenvalue weighted by molar-refractivity contribution is 7.14. The molecule has 1 saturated carbocycles. The molecule has 3 aromatic rings. The third-order valence-electron chi connectivity index (χ3n) is 4.52. The Balaban J connectivity index is 1.41. The van der Waals surface area contributed by atoms with Crippen molar-refractivity contribution in [2.75, 3.05) is 0 Å². The number of hydrogen-bond acceptors (Lipinski definition) is 4. The van der Waals surface area contributed by atoms with Crippen LogP contribution in [0.4, 0.5) is 0 Å². The lowest BCUT2D eigenvalue weighted by molar-refractivity contribution is -0.123. The molecule has 4 rings (SSSR count). The van der Waals surface area contributed by atoms with Crippen LogP contribution in [0.15, 0.2) is 60.0 Å². The highest BCUT2D eigenvalue weighted by Crippen LogP contribution is 2.50. The van der Waals surface area contributed by atoms with Crippen LogP contribution in [0.25, 0.3) is 0 Å². The van der Waals surface area contributed by atoms with E-state index in [1.54, 1.807) is 11.3 Å². The maximum absolute atomic E-state index is 12.6. The number of benzene rings is 1. The van der Waals surface area contributed by atoms with Crippen LogP contribution in [-0.2, 0) is 16.8 Å². The van der Waals surface area contributed by atoms with Crippen LogP contribution in [0.3, 0.4) is 0 Å². The van der Waals surface area contributed by atoms with Crippen molar-refractivity contribution in [3.8, 4) is 0 Å². The molecule has 0 spiro atoms. The maximum Gasteiger partial charge on any atom is 0.231 e. The largest absolute Gasteiger partial charge is 0.350 e. The van der Waals surface area contributed by atoms with Crippen molar-refractivity contribution in [1.29, 1.82) is 0 Å². The molecule has 0 radical (unpaired) electrons. The number of amides is 1. The zero-order valence-electron chi connectivity index (χ0n) is 13.5. The summed E-state index contributed by atoms with van der Waals surface area (Å²) in [6.45, 7) is 0.471. The average molecular weight is 367 g/mol. The van der Waals surface area contributed by atoms with Crippen LogP contribution >= 0.6 is 22.7 Å². The summed E-state index contributed by atoms with van der Waals surface area (Å²) in [6, 6.07) is 17.1. The molecule has 1 N–H and O–H groups in total. The molecule has 126 valence electrons. The zero-order valence-corrected chi connectivity index (χ0v) is 15.2. The summed E-state index contributed by atoms with van der Waals surface area (Å²) < 4.78 is 0. The third-order valence-corrected chi connectivity index (χ3v) is 6.68. The van der Waals surface area contributed by atoms with E-state index in [1.807, 2.05) is 60.0 Å². The van der Waals surface area contributed by atoms with Crippen LogP contribution in [0.1, 0.15) is 37.8 Å². The number of thiophene rings is 2. The highest BCUT2D eigenvalue weighted by atomic mass is 32.1. The van der Waals surface area contributed by atoms with Crippen LogP contribution in [0, 0.1) is 0 Å². The summed E-state index contributed by atoms with van der Waals surface area (Å²) in [4.78, 5) is 27.9. The van der Waals surface area contributed by atoms with Crippen molar-refractivity contribution in [1.82, 2.24) is 5.32 Å². The van der Waals surface area contributed by atoms with Gasteiger partial charge in [0.15, 0.2) is 0 Å². The molecule has 1 aliphatic rings. The summed E-state index contributed by atoms with van der Waals surface area (Å²) in [7, 11) is 0. The summed E-state index contributed by atoms with van der Waals surface area (Å²) in [5.74, 6) is 0.125. The van der Waals surface area contributed by atoms with Crippen LogP contribution in [-0.4, -0.2) is 11.7 Å². The van der Waals surface area contributed by atoms with Crippen LogP contribution in [0.5, 0.6) is 0 Å². The molecule has 1 amide bonds. The SMILES string of the molecule is O=C(c1ccccc1)c1ccc(CNC(=O)C2(c3cccs3)CC2)s1. The second-order valence-electron chi connectivity index (χ2n) is 6.20. The van der Waals surface area contributed by atoms with E-state index in [-0.39, 0.29) is 17.1 Å². The van der Waals surface area contributed by atoms with E-state index in [0.29, 0.717) is 17.0 Å². The fraction of sp³-hybridized carbons (Fsp3) is 0.200. The van der Waals surface area contributed by atoms with Gasteiger partial charge in [-0.05, 0) is 36.4 Å². The minimum atomic E-state index is -0.311. The van der Waals surface area contributed by atoms with E-state index >= 15 is 0 Å². The van der Waals surface area contributed by atoms with Gasteiger partial charge >= 0.3 is 0 Å². The molecule has 2 aromatic heterocycles. The number of carbonyl (C=O) groups excluding carboxylic acids is 2. The summed E-state index contributed by atoms with van der Waals surface area (Å²) >= 11 is 3.09. The van der Waals surface area contributed by atoms with Gasteiger partial charge in [0, 0.05) is 15.3 Å². The van der Waals surface area contributed by atoms with E-state index in [1.165, 1.54) is 11.3 Å². The summed E-state index contributed by atoms with van der Waals surface area (Å²) in [6.07, 6.45) is 1.84. The lowest BCUT2D eigenvalue weighted by atomic mass is 10.0. The molecule has 2 heterocycles. The van der Waals surface area contributed by atoms with Crippen molar-refractivity contribution >= 4 is 34.4 Å². The molecule has 0 bridgehead atoms. The quantitative estimate of drug-likeness (QED) is 0.657. The molecule has 3 nitrogen and oxygen atoms in total. The topological polar surface area (TPSA) is 46.2 Å². The van der Waals surface area contributed by atoms with Crippen molar-refractivity contribution in [3.63, 3.8) is 0 Å². The van der Waals surface area contributed by atoms with Crippen LogP contribution in [0.2, 0.25) is 0 Å². The van der Waals surface area contributed by atoms with E-state index in [0.717, 1.165) is 22.6 Å². The van der Waals surface area contributed by atoms with Gasteiger partial charge in [-0.25, -0.2) is 0 Å².